The van der Waals surface area contributed by atoms with Crippen LogP contribution in [0.25, 0.3) is 10.9 Å². The van der Waals surface area contributed by atoms with Gasteiger partial charge in [0.15, 0.2) is 0 Å². The molecular weight excluding hydrogens is 524 g/mol. The van der Waals surface area contributed by atoms with Crippen LogP contribution in [0.5, 0.6) is 0 Å². The number of pyridine rings is 1. The Hall–Kier alpha value is -4.35. The van der Waals surface area contributed by atoms with Crippen LogP contribution in [0.4, 0.5) is 0 Å². The monoisotopic (exact) mass is 560 g/mol. The average Bonchev–Trinajstić information content (AvgIpc) is 2.99. The highest BCUT2D eigenvalue weighted by molar-refractivity contribution is 5.99. The number of carbonyl (C=O) groups is 4. The third-order valence-corrected chi connectivity index (χ3v) is 7.06. The highest BCUT2D eigenvalue weighted by atomic mass is 16.3. The number of aliphatic hydroxyl groups is 1. The van der Waals surface area contributed by atoms with Crippen molar-refractivity contribution in [2.45, 2.75) is 56.3 Å². The average molecular weight is 561 g/mol. The largest absolute Gasteiger partial charge is 0.389 e. The molecule has 11 nitrogen and oxygen atoms in total. The second-order valence-electron chi connectivity index (χ2n) is 10.2. The molecule has 4 amide bonds. The number of carbonyl (C=O) groups excluding carboxylic acids is 4. The normalized spacial score (nSPS) is 17.1. The summed E-state index contributed by atoms with van der Waals surface area (Å²) in [7, 11) is 0. The molecule has 0 radical (unpaired) electrons. The van der Waals surface area contributed by atoms with Gasteiger partial charge in [0.05, 0.1) is 30.1 Å². The molecule has 1 aliphatic rings. The maximum absolute atomic E-state index is 13.4. The molecule has 2 aromatic carbocycles. The van der Waals surface area contributed by atoms with Gasteiger partial charge < -0.3 is 32.1 Å². The van der Waals surface area contributed by atoms with Crippen molar-refractivity contribution >= 4 is 34.5 Å². The molecule has 1 fully saturated rings. The Morgan fingerprint density at radius 3 is 2.46 bits per heavy atom. The molecule has 1 aromatic heterocycles. The van der Waals surface area contributed by atoms with E-state index in [1.54, 1.807) is 18.2 Å². The molecule has 0 aliphatic carbocycles. The van der Waals surface area contributed by atoms with Crippen LogP contribution in [0.2, 0.25) is 0 Å². The third-order valence-electron chi connectivity index (χ3n) is 7.06. The van der Waals surface area contributed by atoms with Crippen LogP contribution in [-0.2, 0) is 20.8 Å². The molecule has 4 rings (SSSR count). The number of hydrogen-bond acceptors (Lipinski definition) is 7. The first-order chi connectivity index (χ1) is 19.8. The van der Waals surface area contributed by atoms with E-state index < -0.39 is 42.3 Å². The molecule has 0 unspecified atom stereocenters. The Balaban J connectivity index is 1.46. The summed E-state index contributed by atoms with van der Waals surface area (Å²) in [5.74, 6) is -2.35. The predicted octanol–water partition coefficient (Wildman–Crippen LogP) is 0.555. The van der Waals surface area contributed by atoms with E-state index in [2.05, 4.69) is 26.3 Å². The highest BCUT2D eigenvalue weighted by Gasteiger charge is 2.30. The standard InChI is InChI=1S/C30H36N6O5/c31-27(38)17-25(36-29(40)23-14-13-20-10-4-5-11-21(20)34-23)30(41)35-24(16-19-8-2-1-3-9-19)26(37)18-33-28(39)22-12-6-7-15-32-22/h1-5,8-11,13-14,22,24-26,32,37H,6-7,12,15-18H2,(H2,31,38)(H,33,39)(H,35,41)(H,36,40)/t22-,24-,25-,26+/m0/s1. The summed E-state index contributed by atoms with van der Waals surface area (Å²) in [5, 5.41) is 23.1. The quantitative estimate of drug-likeness (QED) is 0.187. The number of fused-ring (bicyclic) bond motifs is 1. The summed E-state index contributed by atoms with van der Waals surface area (Å²) in [6.07, 6.45) is 1.31. The summed E-state index contributed by atoms with van der Waals surface area (Å²) >= 11 is 0. The first-order valence-corrected chi connectivity index (χ1v) is 13.8. The van der Waals surface area contributed by atoms with Crippen molar-refractivity contribution in [2.24, 2.45) is 5.73 Å². The van der Waals surface area contributed by atoms with Gasteiger partial charge in [0.2, 0.25) is 17.7 Å². The number of benzene rings is 2. The van der Waals surface area contributed by atoms with Gasteiger partial charge >= 0.3 is 0 Å². The second-order valence-corrected chi connectivity index (χ2v) is 10.2. The summed E-state index contributed by atoms with van der Waals surface area (Å²) in [4.78, 5) is 55.2. The van der Waals surface area contributed by atoms with Crippen LogP contribution in [0.1, 0.15) is 41.7 Å². The Kier molecular flexibility index (Phi) is 10.4. The van der Waals surface area contributed by atoms with Crippen LogP contribution < -0.4 is 27.0 Å². The van der Waals surface area contributed by atoms with Gasteiger partial charge in [0, 0.05) is 11.9 Å². The van der Waals surface area contributed by atoms with Crippen LogP contribution in [-0.4, -0.2) is 71.0 Å². The Morgan fingerprint density at radius 2 is 1.73 bits per heavy atom. The first-order valence-electron chi connectivity index (χ1n) is 13.8. The molecule has 0 bridgehead atoms. The maximum atomic E-state index is 13.4. The van der Waals surface area contributed by atoms with Gasteiger partial charge in [-0.15, -0.1) is 0 Å². The van der Waals surface area contributed by atoms with Gasteiger partial charge in [-0.1, -0.05) is 61.0 Å². The number of aliphatic hydroxyl groups excluding tert-OH is 1. The number of rotatable bonds is 12. The fraction of sp³-hybridized carbons (Fsp3) is 0.367. The molecule has 4 atom stereocenters. The number of para-hydroxylation sites is 1. The van der Waals surface area contributed by atoms with Gasteiger partial charge in [-0.25, -0.2) is 4.98 Å². The number of nitrogens with one attached hydrogen (secondary N) is 4. The van der Waals surface area contributed by atoms with Gasteiger partial charge in [-0.05, 0) is 43.5 Å². The molecule has 0 spiro atoms. The van der Waals surface area contributed by atoms with Gasteiger partial charge in [0.25, 0.3) is 5.91 Å². The topological polar surface area (TPSA) is 176 Å². The SMILES string of the molecule is NC(=O)C[C@H](NC(=O)c1ccc2ccccc2n1)C(=O)N[C@@H](Cc1ccccc1)[C@H](O)CNC(=O)[C@@H]1CCCCN1. The molecule has 1 saturated heterocycles. The molecule has 1 aliphatic heterocycles. The minimum absolute atomic E-state index is 0.0749. The molecule has 216 valence electrons. The minimum Gasteiger partial charge on any atom is -0.389 e. The van der Waals surface area contributed by atoms with Crippen LogP contribution >= 0.6 is 0 Å². The van der Waals surface area contributed by atoms with Crippen molar-refractivity contribution < 1.29 is 24.3 Å². The molecule has 2 heterocycles. The van der Waals surface area contributed by atoms with Crippen molar-refractivity contribution in [3.8, 4) is 0 Å². The number of hydrogen-bond donors (Lipinski definition) is 6. The Bertz CT molecular complexity index is 1360. The summed E-state index contributed by atoms with van der Waals surface area (Å²) < 4.78 is 0. The lowest BCUT2D eigenvalue weighted by Gasteiger charge is -2.28. The molecule has 11 heteroatoms. The van der Waals surface area contributed by atoms with Gasteiger partial charge in [-0.2, -0.15) is 0 Å². The second kappa shape index (κ2) is 14.3. The third kappa shape index (κ3) is 8.57. The summed E-state index contributed by atoms with van der Waals surface area (Å²) in [5.41, 5.74) is 6.92. The van der Waals surface area contributed by atoms with E-state index >= 15 is 0 Å². The van der Waals surface area contributed by atoms with Crippen LogP contribution in [0.15, 0.2) is 66.7 Å². The maximum Gasteiger partial charge on any atom is 0.270 e. The smallest absolute Gasteiger partial charge is 0.270 e. The van der Waals surface area contributed by atoms with Crippen molar-refractivity contribution in [3.05, 3.63) is 78.0 Å². The van der Waals surface area contributed by atoms with E-state index in [-0.39, 0.29) is 30.6 Å². The zero-order valence-electron chi connectivity index (χ0n) is 22.7. The number of amides is 4. The van der Waals surface area contributed by atoms with Crippen LogP contribution in [0.3, 0.4) is 0 Å². The van der Waals surface area contributed by atoms with Crippen LogP contribution in [0, 0.1) is 0 Å². The highest BCUT2D eigenvalue weighted by Crippen LogP contribution is 2.13. The van der Waals surface area contributed by atoms with Gasteiger partial charge in [0.1, 0.15) is 11.7 Å². The predicted molar refractivity (Wildman–Crippen MR) is 154 cm³/mol. The van der Waals surface area contributed by atoms with E-state index in [9.17, 15) is 24.3 Å². The lowest BCUT2D eigenvalue weighted by molar-refractivity contribution is -0.128. The minimum atomic E-state index is -1.31. The van der Waals surface area contributed by atoms with Gasteiger partial charge in [-0.3, -0.25) is 19.2 Å². The number of nitrogens with zero attached hydrogens (tertiary/aromatic N) is 1. The molecular formula is C30H36N6O5. The number of primary amides is 1. The number of aromatic nitrogens is 1. The number of nitrogens with two attached hydrogens (primary N) is 1. The summed E-state index contributed by atoms with van der Waals surface area (Å²) in [6, 6.07) is 17.3. The fourth-order valence-corrected chi connectivity index (χ4v) is 4.82. The Labute approximate surface area is 238 Å². The molecule has 7 N–H and O–H groups in total. The first kappa shape index (κ1) is 29.6. The van der Waals surface area contributed by atoms with Crippen molar-refractivity contribution in [2.75, 3.05) is 13.1 Å². The molecule has 3 aromatic rings. The van der Waals surface area contributed by atoms with Crippen molar-refractivity contribution in [1.29, 1.82) is 0 Å². The van der Waals surface area contributed by atoms with E-state index in [4.69, 9.17) is 5.73 Å². The fourth-order valence-electron chi connectivity index (χ4n) is 4.82. The number of piperidine rings is 1. The van der Waals surface area contributed by atoms with Crippen molar-refractivity contribution in [3.63, 3.8) is 0 Å². The molecule has 41 heavy (non-hydrogen) atoms. The van der Waals surface area contributed by atoms with E-state index in [1.807, 2.05) is 42.5 Å². The van der Waals surface area contributed by atoms with E-state index in [0.717, 1.165) is 30.3 Å². The van der Waals surface area contributed by atoms with Crippen molar-refractivity contribution in [1.82, 2.24) is 26.3 Å². The Morgan fingerprint density at radius 1 is 0.976 bits per heavy atom. The van der Waals surface area contributed by atoms with E-state index in [0.29, 0.717) is 11.9 Å². The van der Waals surface area contributed by atoms with E-state index in [1.165, 1.54) is 6.07 Å². The summed E-state index contributed by atoms with van der Waals surface area (Å²) in [6.45, 7) is 0.664. The lowest BCUT2D eigenvalue weighted by atomic mass is 9.99. The molecule has 0 saturated carbocycles. The zero-order valence-corrected chi connectivity index (χ0v) is 22.7. The zero-order chi connectivity index (χ0) is 29.2. The lowest BCUT2D eigenvalue weighted by Crippen LogP contribution is -2.56.